The van der Waals surface area contributed by atoms with Crippen molar-refractivity contribution in [2.24, 2.45) is 0 Å². The van der Waals surface area contributed by atoms with Crippen molar-refractivity contribution in [1.29, 1.82) is 0 Å². The van der Waals surface area contributed by atoms with Gasteiger partial charge in [0.25, 0.3) is 0 Å². The Morgan fingerprint density at radius 3 is 2.91 bits per heavy atom. The third-order valence-corrected chi connectivity index (χ3v) is 6.17. The van der Waals surface area contributed by atoms with Gasteiger partial charge in [0.05, 0.1) is 18.0 Å². The van der Waals surface area contributed by atoms with Crippen LogP contribution in [0.25, 0.3) is 25.7 Å². The van der Waals surface area contributed by atoms with Crippen molar-refractivity contribution in [3.05, 3.63) is 39.4 Å². The molecule has 112 valence electrons. The Labute approximate surface area is 147 Å². The number of benzene rings is 1. The van der Waals surface area contributed by atoms with Gasteiger partial charge in [0.15, 0.2) is 4.96 Å². The number of rotatable bonds is 4. The van der Waals surface area contributed by atoms with Crippen LogP contribution in [0, 0.1) is 2.88 Å². The fraction of sp³-hybridized carbons (Fsp3) is 0.133. The van der Waals surface area contributed by atoms with Crippen LogP contribution in [-0.2, 0) is 0 Å². The van der Waals surface area contributed by atoms with Gasteiger partial charge >= 0.3 is 0 Å². The predicted octanol–water partition coefficient (Wildman–Crippen LogP) is 5.23. The monoisotopic (exact) mass is 444 g/mol. The largest absolute Gasteiger partial charge is 0.491 e. The molecule has 0 aliphatic heterocycles. The minimum absolute atomic E-state index is 0.0924. The van der Waals surface area contributed by atoms with Gasteiger partial charge < -0.3 is 4.74 Å². The summed E-state index contributed by atoms with van der Waals surface area (Å²) in [4.78, 5) is 6.84. The fourth-order valence-electron chi connectivity index (χ4n) is 2.30. The first-order valence-electron chi connectivity index (χ1n) is 6.61. The average molecular weight is 444 g/mol. The molecule has 0 aliphatic carbocycles. The highest BCUT2D eigenvalue weighted by atomic mass is 127. The maximum Gasteiger partial charge on any atom is 0.195 e. The van der Waals surface area contributed by atoms with Gasteiger partial charge in [-0.3, -0.25) is 4.40 Å². The second-order valence-electron chi connectivity index (χ2n) is 4.65. The van der Waals surface area contributed by atoms with E-state index < -0.39 is 6.67 Å². The molecule has 0 bridgehead atoms. The van der Waals surface area contributed by atoms with Gasteiger partial charge in [-0.2, -0.15) is 0 Å². The van der Waals surface area contributed by atoms with Crippen LogP contribution < -0.4 is 4.74 Å². The molecular formula is C15H10FIN2OS2. The highest BCUT2D eigenvalue weighted by Crippen LogP contribution is 2.34. The summed E-state index contributed by atoms with van der Waals surface area (Å²) in [6.07, 6.45) is 2.07. The lowest BCUT2D eigenvalue weighted by atomic mass is 10.3. The van der Waals surface area contributed by atoms with Crippen molar-refractivity contribution in [3.8, 4) is 16.3 Å². The Bertz CT molecular complexity index is 959. The number of aromatic nitrogens is 2. The molecule has 0 fully saturated rings. The second kappa shape index (κ2) is 5.78. The van der Waals surface area contributed by atoms with Crippen molar-refractivity contribution in [2.75, 3.05) is 13.3 Å². The summed E-state index contributed by atoms with van der Waals surface area (Å²) in [6, 6.07) is 10.0. The zero-order valence-corrected chi connectivity index (χ0v) is 15.0. The fourth-order valence-corrected chi connectivity index (χ4v) is 4.91. The minimum Gasteiger partial charge on any atom is -0.491 e. The molecule has 0 saturated carbocycles. The second-order valence-corrected chi connectivity index (χ2v) is 8.64. The van der Waals surface area contributed by atoms with Crippen LogP contribution in [0.4, 0.5) is 4.39 Å². The van der Waals surface area contributed by atoms with Crippen molar-refractivity contribution < 1.29 is 9.13 Å². The van der Waals surface area contributed by atoms with Crippen LogP contribution in [0.5, 0.6) is 5.75 Å². The van der Waals surface area contributed by atoms with E-state index in [2.05, 4.69) is 45.3 Å². The lowest BCUT2D eigenvalue weighted by molar-refractivity contribution is 0.273. The van der Waals surface area contributed by atoms with Gasteiger partial charge in [-0.25, -0.2) is 9.37 Å². The van der Waals surface area contributed by atoms with E-state index in [0.29, 0.717) is 5.75 Å². The molecule has 0 spiro atoms. The number of nitrogens with zero attached hydrogens (tertiary/aromatic N) is 2. The molecule has 0 amide bonds. The number of hydrogen-bond acceptors (Lipinski definition) is 4. The molecule has 0 aliphatic rings. The molecule has 4 rings (SSSR count). The summed E-state index contributed by atoms with van der Waals surface area (Å²) in [6.45, 7) is -0.385. The molecule has 4 aromatic rings. The number of ether oxygens (including phenoxy) is 1. The lowest BCUT2D eigenvalue weighted by Gasteiger charge is -2.02. The standard InChI is InChI=1S/C15H10FIN2OS2/c16-5-6-20-9-1-2-11-13(7-9)22-15-18-10(8-19(11)15)12-3-4-14(17)21-12/h1-4,7-8H,5-6H2. The molecule has 0 atom stereocenters. The molecule has 3 aromatic heterocycles. The van der Waals surface area contributed by atoms with Gasteiger partial charge in [-0.1, -0.05) is 11.3 Å². The van der Waals surface area contributed by atoms with E-state index in [1.807, 2.05) is 18.2 Å². The lowest BCUT2D eigenvalue weighted by Crippen LogP contribution is -1.98. The highest BCUT2D eigenvalue weighted by Gasteiger charge is 2.12. The first-order valence-corrected chi connectivity index (χ1v) is 9.32. The van der Waals surface area contributed by atoms with Crippen LogP contribution in [0.2, 0.25) is 0 Å². The predicted molar refractivity (Wildman–Crippen MR) is 98.1 cm³/mol. The number of thiazole rings is 1. The molecule has 0 N–H and O–H groups in total. The molecule has 7 heteroatoms. The van der Waals surface area contributed by atoms with E-state index in [0.717, 1.165) is 20.9 Å². The van der Waals surface area contributed by atoms with Crippen LogP contribution in [0.1, 0.15) is 0 Å². The molecular weight excluding hydrogens is 434 g/mol. The van der Waals surface area contributed by atoms with E-state index in [4.69, 9.17) is 9.72 Å². The number of imidazole rings is 1. The number of halogens is 2. The number of alkyl halides is 1. The molecule has 3 nitrogen and oxygen atoms in total. The summed E-state index contributed by atoms with van der Waals surface area (Å²) in [5.41, 5.74) is 2.09. The summed E-state index contributed by atoms with van der Waals surface area (Å²) in [7, 11) is 0. The Morgan fingerprint density at radius 2 is 2.14 bits per heavy atom. The van der Waals surface area contributed by atoms with E-state index in [-0.39, 0.29) is 6.61 Å². The van der Waals surface area contributed by atoms with Gasteiger partial charge in [0.1, 0.15) is 24.7 Å². The molecule has 1 aromatic carbocycles. The zero-order chi connectivity index (χ0) is 15.1. The van der Waals surface area contributed by atoms with E-state index in [1.54, 1.807) is 22.7 Å². The zero-order valence-electron chi connectivity index (χ0n) is 11.3. The van der Waals surface area contributed by atoms with Crippen molar-refractivity contribution in [2.45, 2.75) is 0 Å². The minimum atomic E-state index is -0.477. The average Bonchev–Trinajstić information content (AvgIpc) is 3.18. The Morgan fingerprint density at radius 1 is 1.23 bits per heavy atom. The van der Waals surface area contributed by atoms with Crippen molar-refractivity contribution >= 4 is 60.4 Å². The normalized spacial score (nSPS) is 11.5. The summed E-state index contributed by atoms with van der Waals surface area (Å²) in [5.74, 6) is 0.697. The van der Waals surface area contributed by atoms with Crippen molar-refractivity contribution in [1.82, 2.24) is 9.38 Å². The van der Waals surface area contributed by atoms with Crippen molar-refractivity contribution in [3.63, 3.8) is 0 Å². The first-order chi connectivity index (χ1) is 10.7. The van der Waals surface area contributed by atoms with Gasteiger partial charge in [-0.15, -0.1) is 11.3 Å². The Balaban J connectivity index is 1.78. The maximum absolute atomic E-state index is 12.2. The highest BCUT2D eigenvalue weighted by molar-refractivity contribution is 14.1. The van der Waals surface area contributed by atoms with Crippen LogP contribution in [0.3, 0.4) is 0 Å². The molecule has 0 saturated heterocycles. The van der Waals surface area contributed by atoms with E-state index >= 15 is 0 Å². The molecule has 0 unspecified atom stereocenters. The Kier molecular flexibility index (Phi) is 3.79. The third-order valence-electron chi connectivity index (χ3n) is 3.24. The topological polar surface area (TPSA) is 26.5 Å². The van der Waals surface area contributed by atoms with Crippen LogP contribution in [0.15, 0.2) is 36.5 Å². The smallest absolute Gasteiger partial charge is 0.195 e. The SMILES string of the molecule is FCCOc1ccc2c(c1)sc1nc(-c3ccc(I)s3)cn12. The molecule has 0 radical (unpaired) electrons. The molecule has 22 heavy (non-hydrogen) atoms. The number of fused-ring (bicyclic) bond motifs is 3. The first kappa shape index (κ1) is 14.4. The van der Waals surface area contributed by atoms with Crippen LogP contribution in [-0.4, -0.2) is 22.7 Å². The van der Waals surface area contributed by atoms with Gasteiger partial charge in [-0.05, 0) is 52.9 Å². The number of thiophene rings is 1. The quantitative estimate of drug-likeness (QED) is 0.403. The van der Waals surface area contributed by atoms with Crippen LogP contribution >= 0.6 is 45.3 Å². The number of hydrogen-bond donors (Lipinski definition) is 0. The van der Waals surface area contributed by atoms with Gasteiger partial charge in [0.2, 0.25) is 0 Å². The summed E-state index contributed by atoms with van der Waals surface area (Å²) >= 11 is 5.67. The molecule has 3 heterocycles. The summed E-state index contributed by atoms with van der Waals surface area (Å²) in [5, 5.41) is 0. The van der Waals surface area contributed by atoms with E-state index in [1.165, 1.54) is 7.76 Å². The third kappa shape index (κ3) is 2.50. The van der Waals surface area contributed by atoms with Gasteiger partial charge in [0, 0.05) is 6.20 Å². The maximum atomic E-state index is 12.2. The Hall–Kier alpha value is -1.19. The van der Waals surface area contributed by atoms with E-state index in [9.17, 15) is 4.39 Å². The summed E-state index contributed by atoms with van der Waals surface area (Å²) < 4.78 is 22.0.